The Kier molecular flexibility index (Phi) is 5.01. The molecule has 2 rings (SSSR count). The van der Waals surface area contributed by atoms with E-state index in [-0.39, 0.29) is 11.7 Å². The minimum atomic E-state index is 0.114. The number of amides is 1. The van der Waals surface area contributed by atoms with Crippen molar-refractivity contribution in [3.05, 3.63) is 42.0 Å². The van der Waals surface area contributed by atoms with Crippen LogP contribution in [0.1, 0.15) is 31.2 Å². The van der Waals surface area contributed by atoms with Crippen LogP contribution in [0, 0.1) is 5.92 Å². The van der Waals surface area contributed by atoms with Crippen LogP contribution in [0.15, 0.2) is 36.4 Å². The quantitative estimate of drug-likeness (QED) is 0.799. The SMILES string of the molecule is O=C(CCc1ccc(O)cc1)NC[C@H]1CC=CCC1. The highest BCUT2D eigenvalue weighted by Crippen LogP contribution is 2.17. The average Bonchev–Trinajstić information content (AvgIpc) is 2.45. The van der Waals surface area contributed by atoms with Gasteiger partial charge in [0, 0.05) is 13.0 Å². The number of carbonyl (C=O) groups is 1. The first-order valence-electron chi connectivity index (χ1n) is 6.93. The molecule has 0 radical (unpaired) electrons. The van der Waals surface area contributed by atoms with Crippen molar-refractivity contribution in [2.45, 2.75) is 32.1 Å². The molecular weight excluding hydrogens is 238 g/mol. The molecule has 0 aliphatic heterocycles. The highest BCUT2D eigenvalue weighted by Gasteiger charge is 2.11. The van der Waals surface area contributed by atoms with E-state index in [0.29, 0.717) is 12.3 Å². The second-order valence-electron chi connectivity index (χ2n) is 5.12. The fourth-order valence-corrected chi connectivity index (χ4v) is 2.31. The number of nitrogens with one attached hydrogen (secondary N) is 1. The number of hydrogen-bond acceptors (Lipinski definition) is 2. The summed E-state index contributed by atoms with van der Waals surface area (Å²) in [5.41, 5.74) is 1.08. The Hall–Kier alpha value is -1.77. The predicted molar refractivity (Wildman–Crippen MR) is 75.9 cm³/mol. The highest BCUT2D eigenvalue weighted by atomic mass is 16.3. The Balaban J connectivity index is 1.66. The van der Waals surface area contributed by atoms with Crippen molar-refractivity contribution in [3.8, 4) is 5.75 Å². The third kappa shape index (κ3) is 4.78. The summed E-state index contributed by atoms with van der Waals surface area (Å²) in [6.07, 6.45) is 9.03. The van der Waals surface area contributed by atoms with E-state index in [1.54, 1.807) is 12.1 Å². The number of allylic oxidation sites excluding steroid dienone is 2. The van der Waals surface area contributed by atoms with E-state index < -0.39 is 0 Å². The molecule has 0 unspecified atom stereocenters. The second kappa shape index (κ2) is 6.98. The van der Waals surface area contributed by atoms with Crippen molar-refractivity contribution < 1.29 is 9.90 Å². The van der Waals surface area contributed by atoms with E-state index in [2.05, 4.69) is 17.5 Å². The van der Waals surface area contributed by atoms with Crippen molar-refractivity contribution >= 4 is 5.91 Å². The Bertz CT molecular complexity index is 437. The normalized spacial score (nSPS) is 18.2. The number of benzene rings is 1. The van der Waals surface area contributed by atoms with Gasteiger partial charge in [0.25, 0.3) is 0 Å². The van der Waals surface area contributed by atoms with E-state index in [9.17, 15) is 9.90 Å². The van der Waals surface area contributed by atoms with Crippen molar-refractivity contribution in [3.63, 3.8) is 0 Å². The molecule has 1 aromatic carbocycles. The smallest absolute Gasteiger partial charge is 0.220 e. The Morgan fingerprint density at radius 1 is 1.26 bits per heavy atom. The monoisotopic (exact) mass is 259 g/mol. The van der Waals surface area contributed by atoms with Gasteiger partial charge in [0.2, 0.25) is 5.91 Å². The molecule has 1 aromatic rings. The van der Waals surface area contributed by atoms with Crippen molar-refractivity contribution in [1.29, 1.82) is 0 Å². The number of phenolic OH excluding ortho intramolecular Hbond substituents is 1. The van der Waals surface area contributed by atoms with Gasteiger partial charge in [-0.1, -0.05) is 24.3 Å². The minimum Gasteiger partial charge on any atom is -0.508 e. The Morgan fingerprint density at radius 3 is 2.74 bits per heavy atom. The third-order valence-corrected chi connectivity index (χ3v) is 3.54. The predicted octanol–water partition coefficient (Wildman–Crippen LogP) is 2.80. The van der Waals surface area contributed by atoms with Crippen LogP contribution in [0.3, 0.4) is 0 Å². The van der Waals surface area contributed by atoms with Crippen molar-refractivity contribution in [2.24, 2.45) is 5.92 Å². The van der Waals surface area contributed by atoms with Crippen molar-refractivity contribution in [2.75, 3.05) is 6.54 Å². The first-order chi connectivity index (χ1) is 9.24. The van der Waals surface area contributed by atoms with Crippen LogP contribution in [-0.2, 0) is 11.2 Å². The van der Waals surface area contributed by atoms with Gasteiger partial charge >= 0.3 is 0 Å². The summed E-state index contributed by atoms with van der Waals surface area (Å²) in [4.78, 5) is 11.7. The molecule has 19 heavy (non-hydrogen) atoms. The number of carbonyl (C=O) groups excluding carboxylic acids is 1. The molecule has 2 N–H and O–H groups in total. The zero-order valence-electron chi connectivity index (χ0n) is 11.1. The molecule has 1 aliphatic carbocycles. The molecular formula is C16H21NO2. The molecule has 3 heteroatoms. The highest BCUT2D eigenvalue weighted by molar-refractivity contribution is 5.76. The number of rotatable bonds is 5. The van der Waals surface area contributed by atoms with Crippen molar-refractivity contribution in [1.82, 2.24) is 5.32 Å². The topological polar surface area (TPSA) is 49.3 Å². The standard InChI is InChI=1S/C16H21NO2/c18-15-9-6-13(7-10-15)8-11-16(19)17-12-14-4-2-1-3-5-14/h1-2,6-7,9-10,14,18H,3-5,8,11-12H2,(H,17,19)/t14-/m0/s1. The van der Waals surface area contributed by atoms with Gasteiger partial charge in [-0.25, -0.2) is 0 Å². The lowest BCUT2D eigenvalue weighted by Gasteiger charge is -2.18. The molecule has 3 nitrogen and oxygen atoms in total. The molecule has 0 bridgehead atoms. The zero-order valence-corrected chi connectivity index (χ0v) is 11.1. The van der Waals surface area contributed by atoms with Crippen LogP contribution in [0.25, 0.3) is 0 Å². The first-order valence-corrected chi connectivity index (χ1v) is 6.93. The fraction of sp³-hybridized carbons (Fsp3) is 0.438. The van der Waals surface area contributed by atoms with E-state index in [1.807, 2.05) is 12.1 Å². The molecule has 102 valence electrons. The van der Waals surface area contributed by atoms with Crippen LogP contribution in [0.2, 0.25) is 0 Å². The maximum atomic E-state index is 11.7. The summed E-state index contributed by atoms with van der Waals surface area (Å²) in [5, 5.41) is 12.2. The van der Waals surface area contributed by atoms with Crippen LogP contribution in [-0.4, -0.2) is 17.6 Å². The number of phenols is 1. The van der Waals surface area contributed by atoms with Gasteiger partial charge in [0.1, 0.15) is 5.75 Å². The molecule has 0 saturated heterocycles. The van der Waals surface area contributed by atoms with Gasteiger partial charge in [0.05, 0.1) is 0 Å². The van der Waals surface area contributed by atoms with Gasteiger partial charge in [-0.2, -0.15) is 0 Å². The zero-order chi connectivity index (χ0) is 13.5. The number of aryl methyl sites for hydroxylation is 1. The van der Waals surface area contributed by atoms with E-state index in [0.717, 1.165) is 31.4 Å². The maximum absolute atomic E-state index is 11.7. The molecule has 1 aliphatic rings. The van der Waals surface area contributed by atoms with Crippen LogP contribution >= 0.6 is 0 Å². The van der Waals surface area contributed by atoms with Crippen LogP contribution < -0.4 is 5.32 Å². The van der Waals surface area contributed by atoms with Crippen LogP contribution in [0.5, 0.6) is 5.75 Å². The molecule has 0 aromatic heterocycles. The first kappa shape index (κ1) is 13.7. The van der Waals surface area contributed by atoms with Gasteiger partial charge in [-0.3, -0.25) is 4.79 Å². The second-order valence-corrected chi connectivity index (χ2v) is 5.12. The molecule has 0 saturated carbocycles. The largest absolute Gasteiger partial charge is 0.508 e. The lowest BCUT2D eigenvalue weighted by atomic mass is 9.94. The summed E-state index contributed by atoms with van der Waals surface area (Å²) >= 11 is 0. The number of aromatic hydroxyl groups is 1. The molecule has 1 amide bonds. The van der Waals surface area contributed by atoms with Gasteiger partial charge < -0.3 is 10.4 Å². The average molecular weight is 259 g/mol. The van der Waals surface area contributed by atoms with Crippen LogP contribution in [0.4, 0.5) is 0 Å². The maximum Gasteiger partial charge on any atom is 0.220 e. The molecule has 0 spiro atoms. The Labute approximate surface area is 114 Å². The summed E-state index contributed by atoms with van der Waals surface area (Å²) in [6.45, 7) is 0.790. The van der Waals surface area contributed by atoms with Gasteiger partial charge in [-0.05, 0) is 49.3 Å². The summed E-state index contributed by atoms with van der Waals surface area (Å²) in [7, 11) is 0. The molecule has 0 fully saturated rings. The summed E-state index contributed by atoms with van der Waals surface area (Å²) < 4.78 is 0. The van der Waals surface area contributed by atoms with E-state index in [4.69, 9.17) is 0 Å². The molecule has 1 atom stereocenters. The van der Waals surface area contributed by atoms with Gasteiger partial charge in [0.15, 0.2) is 0 Å². The fourth-order valence-electron chi connectivity index (χ4n) is 2.31. The summed E-state index contributed by atoms with van der Waals surface area (Å²) in [6, 6.07) is 7.02. The Morgan fingerprint density at radius 2 is 2.05 bits per heavy atom. The lowest BCUT2D eigenvalue weighted by molar-refractivity contribution is -0.121. The van der Waals surface area contributed by atoms with E-state index >= 15 is 0 Å². The van der Waals surface area contributed by atoms with Gasteiger partial charge in [-0.15, -0.1) is 0 Å². The summed E-state index contributed by atoms with van der Waals surface area (Å²) in [5.74, 6) is 0.976. The molecule has 0 heterocycles. The number of hydrogen-bond donors (Lipinski definition) is 2. The van der Waals surface area contributed by atoms with E-state index in [1.165, 1.54) is 6.42 Å². The minimum absolute atomic E-state index is 0.114. The third-order valence-electron chi connectivity index (χ3n) is 3.54. The lowest BCUT2D eigenvalue weighted by Crippen LogP contribution is -2.29.